The summed E-state index contributed by atoms with van der Waals surface area (Å²) in [7, 11) is 1.60. The predicted octanol–water partition coefficient (Wildman–Crippen LogP) is 1.22. The number of nitrogens with one attached hydrogen (secondary N) is 1. The summed E-state index contributed by atoms with van der Waals surface area (Å²) in [4.78, 5) is 11.9. The van der Waals surface area contributed by atoms with E-state index in [0.717, 1.165) is 5.56 Å². The Balaban J connectivity index is 1.98. The van der Waals surface area contributed by atoms with E-state index in [4.69, 9.17) is 16.3 Å². The fraction of sp³-hybridized carbons (Fsp3) is 0.385. The van der Waals surface area contributed by atoms with Crippen molar-refractivity contribution in [1.29, 1.82) is 0 Å². The van der Waals surface area contributed by atoms with Gasteiger partial charge in [-0.2, -0.15) is 0 Å². The second kappa shape index (κ2) is 7.14. The Bertz CT molecular complexity index is 573. The second-order valence-electron chi connectivity index (χ2n) is 4.57. The molecular weight excluding hydrogens is 294 g/mol. The summed E-state index contributed by atoms with van der Waals surface area (Å²) in [5.74, 6) is -0.189. The van der Waals surface area contributed by atoms with Gasteiger partial charge in [0.2, 0.25) is 5.91 Å². The van der Waals surface area contributed by atoms with Crippen molar-refractivity contribution in [2.45, 2.75) is 25.6 Å². The van der Waals surface area contributed by atoms with Gasteiger partial charge >= 0.3 is 0 Å². The van der Waals surface area contributed by atoms with E-state index in [9.17, 15) is 4.79 Å². The summed E-state index contributed by atoms with van der Waals surface area (Å²) in [5.41, 5.74) is 0.942. The van der Waals surface area contributed by atoms with Crippen molar-refractivity contribution in [3.05, 3.63) is 41.2 Å². The maximum atomic E-state index is 11.9. The highest BCUT2D eigenvalue weighted by atomic mass is 35.5. The number of benzene rings is 1. The standard InChI is InChI=1S/C13H16ClN5O2/c1-9(16-12(20)7-19-8-15-17-18-19)13(21-2)10-3-5-11(14)6-4-10/h3-6,8-9,13H,7H2,1-2H3,(H,16,20)/t9-,13-/m0/s1. The number of carbonyl (C=O) groups is 1. The van der Waals surface area contributed by atoms with E-state index in [1.807, 2.05) is 19.1 Å². The zero-order valence-corrected chi connectivity index (χ0v) is 12.5. The van der Waals surface area contributed by atoms with E-state index in [0.29, 0.717) is 5.02 Å². The lowest BCUT2D eigenvalue weighted by atomic mass is 10.0. The zero-order chi connectivity index (χ0) is 15.2. The highest BCUT2D eigenvalue weighted by molar-refractivity contribution is 6.30. The molecule has 2 atom stereocenters. The van der Waals surface area contributed by atoms with Crippen LogP contribution in [0.5, 0.6) is 0 Å². The van der Waals surface area contributed by atoms with Gasteiger partial charge in [-0.1, -0.05) is 23.7 Å². The average molecular weight is 310 g/mol. The molecule has 2 aromatic rings. The molecule has 0 radical (unpaired) electrons. The molecule has 112 valence electrons. The van der Waals surface area contributed by atoms with Gasteiger partial charge in [0.15, 0.2) is 0 Å². The van der Waals surface area contributed by atoms with Crippen molar-refractivity contribution in [2.24, 2.45) is 0 Å². The van der Waals surface area contributed by atoms with Crippen LogP contribution in [0.1, 0.15) is 18.6 Å². The van der Waals surface area contributed by atoms with Gasteiger partial charge in [0.1, 0.15) is 19.0 Å². The minimum atomic E-state index is -0.264. The number of ether oxygens (including phenoxy) is 1. The third kappa shape index (κ3) is 4.24. The Morgan fingerprint density at radius 1 is 1.43 bits per heavy atom. The van der Waals surface area contributed by atoms with Gasteiger partial charge in [-0.15, -0.1) is 5.10 Å². The van der Waals surface area contributed by atoms with Crippen LogP contribution >= 0.6 is 11.6 Å². The number of carbonyl (C=O) groups excluding carboxylic acids is 1. The lowest BCUT2D eigenvalue weighted by Crippen LogP contribution is -2.39. The number of methoxy groups -OCH3 is 1. The number of nitrogens with zero attached hydrogens (tertiary/aromatic N) is 4. The lowest BCUT2D eigenvalue weighted by Gasteiger charge is -2.24. The van der Waals surface area contributed by atoms with Crippen LogP contribution in [-0.2, 0) is 16.1 Å². The third-order valence-corrected chi connectivity index (χ3v) is 3.24. The molecule has 0 aliphatic carbocycles. The number of tetrazole rings is 1. The first-order valence-corrected chi connectivity index (χ1v) is 6.76. The number of amides is 1. The van der Waals surface area contributed by atoms with E-state index >= 15 is 0 Å². The van der Waals surface area contributed by atoms with Crippen LogP contribution in [0.4, 0.5) is 0 Å². The molecule has 0 saturated heterocycles. The minimum absolute atomic E-state index is 0.0639. The highest BCUT2D eigenvalue weighted by Crippen LogP contribution is 2.22. The molecule has 0 spiro atoms. The minimum Gasteiger partial charge on any atom is -0.375 e. The monoisotopic (exact) mass is 309 g/mol. The molecule has 0 aliphatic heterocycles. The van der Waals surface area contributed by atoms with Crippen LogP contribution in [0.25, 0.3) is 0 Å². The number of aromatic nitrogens is 4. The van der Waals surface area contributed by atoms with Crippen LogP contribution in [0.3, 0.4) is 0 Å². The molecule has 0 unspecified atom stereocenters. The van der Waals surface area contributed by atoms with Crippen molar-refractivity contribution < 1.29 is 9.53 Å². The molecule has 0 bridgehead atoms. The molecule has 1 aromatic heterocycles. The van der Waals surface area contributed by atoms with Crippen LogP contribution in [0, 0.1) is 0 Å². The number of rotatable bonds is 6. The van der Waals surface area contributed by atoms with Gasteiger partial charge in [-0.3, -0.25) is 4.79 Å². The fourth-order valence-corrected chi connectivity index (χ4v) is 2.18. The summed E-state index contributed by atoms with van der Waals surface area (Å²) in [6, 6.07) is 7.12. The average Bonchev–Trinajstić information content (AvgIpc) is 2.94. The van der Waals surface area contributed by atoms with Gasteiger partial charge in [-0.25, -0.2) is 4.68 Å². The van der Waals surface area contributed by atoms with Crippen LogP contribution in [0.2, 0.25) is 5.02 Å². The first kappa shape index (κ1) is 15.4. The molecule has 1 N–H and O–H groups in total. The molecule has 0 saturated carbocycles. The van der Waals surface area contributed by atoms with Crippen molar-refractivity contribution in [1.82, 2.24) is 25.5 Å². The van der Waals surface area contributed by atoms with Crippen molar-refractivity contribution >= 4 is 17.5 Å². The van der Waals surface area contributed by atoms with Gasteiger partial charge in [0, 0.05) is 12.1 Å². The van der Waals surface area contributed by atoms with Gasteiger partial charge < -0.3 is 10.1 Å². The van der Waals surface area contributed by atoms with E-state index in [2.05, 4.69) is 20.8 Å². The fourth-order valence-electron chi connectivity index (χ4n) is 2.06. The molecule has 1 aromatic carbocycles. The lowest BCUT2D eigenvalue weighted by molar-refractivity contribution is -0.123. The second-order valence-corrected chi connectivity index (χ2v) is 5.01. The quantitative estimate of drug-likeness (QED) is 0.867. The topological polar surface area (TPSA) is 81.9 Å². The molecule has 0 aliphatic rings. The third-order valence-electron chi connectivity index (χ3n) is 2.99. The summed E-state index contributed by atoms with van der Waals surface area (Å²) in [6.07, 6.45) is 1.12. The molecule has 1 heterocycles. The SMILES string of the molecule is CO[C@H](c1ccc(Cl)cc1)[C@H](C)NC(=O)Cn1cnnn1. The molecular formula is C13H16ClN5O2. The molecule has 1 amide bonds. The Morgan fingerprint density at radius 2 is 2.14 bits per heavy atom. The molecule has 21 heavy (non-hydrogen) atoms. The Labute approximate surface area is 127 Å². The maximum absolute atomic E-state index is 11.9. The largest absolute Gasteiger partial charge is 0.375 e. The van der Waals surface area contributed by atoms with Gasteiger partial charge in [0.25, 0.3) is 0 Å². The van der Waals surface area contributed by atoms with E-state index in [1.165, 1.54) is 11.0 Å². The van der Waals surface area contributed by atoms with Crippen molar-refractivity contribution in [2.75, 3.05) is 7.11 Å². The molecule has 0 fully saturated rings. The summed E-state index contributed by atoms with van der Waals surface area (Å²) in [6.45, 7) is 1.94. The molecule has 8 heteroatoms. The predicted molar refractivity (Wildman–Crippen MR) is 76.6 cm³/mol. The Kier molecular flexibility index (Phi) is 5.24. The summed E-state index contributed by atoms with van der Waals surface area (Å²) in [5, 5.41) is 14.1. The normalized spacial score (nSPS) is 13.7. The van der Waals surface area contributed by atoms with E-state index < -0.39 is 0 Å². The van der Waals surface area contributed by atoms with E-state index in [-0.39, 0.29) is 24.6 Å². The van der Waals surface area contributed by atoms with Crippen LogP contribution in [0.15, 0.2) is 30.6 Å². The summed E-state index contributed by atoms with van der Waals surface area (Å²) >= 11 is 5.87. The van der Waals surface area contributed by atoms with Crippen LogP contribution in [-0.4, -0.2) is 39.3 Å². The smallest absolute Gasteiger partial charge is 0.242 e. The molecule has 7 nitrogen and oxygen atoms in total. The van der Waals surface area contributed by atoms with Crippen molar-refractivity contribution in [3.63, 3.8) is 0 Å². The maximum Gasteiger partial charge on any atom is 0.242 e. The van der Waals surface area contributed by atoms with Crippen molar-refractivity contribution in [3.8, 4) is 0 Å². The van der Waals surface area contributed by atoms with E-state index in [1.54, 1.807) is 19.2 Å². The molecule has 2 rings (SSSR count). The first-order valence-electron chi connectivity index (χ1n) is 6.38. The summed E-state index contributed by atoms with van der Waals surface area (Å²) < 4.78 is 6.82. The number of hydrogen-bond donors (Lipinski definition) is 1. The number of halogens is 1. The Hall–Kier alpha value is -1.99. The number of hydrogen-bond acceptors (Lipinski definition) is 5. The Morgan fingerprint density at radius 3 is 2.71 bits per heavy atom. The highest BCUT2D eigenvalue weighted by Gasteiger charge is 2.20. The van der Waals surface area contributed by atoms with Crippen LogP contribution < -0.4 is 5.32 Å². The van der Waals surface area contributed by atoms with Gasteiger partial charge in [-0.05, 0) is 35.0 Å². The van der Waals surface area contributed by atoms with Gasteiger partial charge in [0.05, 0.1) is 6.04 Å². The first-order chi connectivity index (χ1) is 10.1. The zero-order valence-electron chi connectivity index (χ0n) is 11.7.